The van der Waals surface area contributed by atoms with Gasteiger partial charge in [-0.05, 0) is 38.8 Å². The van der Waals surface area contributed by atoms with E-state index in [1.807, 2.05) is 0 Å². The molecule has 1 aromatic heterocycles. The molecule has 27 heavy (non-hydrogen) atoms. The average Bonchev–Trinajstić information content (AvgIpc) is 3.44. The van der Waals surface area contributed by atoms with Crippen LogP contribution in [0.2, 0.25) is 0 Å². The van der Waals surface area contributed by atoms with E-state index in [1.165, 1.54) is 6.20 Å². The lowest BCUT2D eigenvalue weighted by Gasteiger charge is -2.26. The Balaban J connectivity index is 1.66. The molecule has 1 atom stereocenters. The lowest BCUT2D eigenvalue weighted by Crippen LogP contribution is -2.50. The van der Waals surface area contributed by atoms with Crippen molar-refractivity contribution in [1.29, 1.82) is 0 Å². The van der Waals surface area contributed by atoms with Gasteiger partial charge in [-0.3, -0.25) is 0 Å². The topological polar surface area (TPSA) is 119 Å². The van der Waals surface area contributed by atoms with Crippen LogP contribution in [-0.2, 0) is 14.3 Å². The number of aromatic nitrogens is 1. The number of carbonyl (C=O) groups excluding carboxylic acids is 3. The number of nitrogens with zero attached hydrogens (tertiary/aromatic N) is 1. The Bertz CT molecular complexity index is 770. The van der Waals surface area contributed by atoms with Crippen LogP contribution in [0, 0.1) is 0 Å². The summed E-state index contributed by atoms with van der Waals surface area (Å²) < 4.78 is 10.3. The molecule has 3 N–H and O–H groups in total. The second-order valence-corrected chi connectivity index (χ2v) is 6.36. The number of nitrogens with one attached hydrogen (secondary N) is 3. The fraction of sp³-hybridized carbons (Fsp3) is 0.444. The SMILES string of the molecule is CCOC(=O)C1=C(COC(=O)c2ccc(NC3CC3)nc2)NC(=O)NC1C. The van der Waals surface area contributed by atoms with E-state index in [-0.39, 0.29) is 30.0 Å². The molecule has 144 valence electrons. The van der Waals surface area contributed by atoms with Crippen LogP contribution in [-0.4, -0.2) is 48.3 Å². The van der Waals surface area contributed by atoms with Crippen molar-refractivity contribution < 1.29 is 23.9 Å². The van der Waals surface area contributed by atoms with Gasteiger partial charge < -0.3 is 25.4 Å². The van der Waals surface area contributed by atoms with Gasteiger partial charge in [0.1, 0.15) is 12.4 Å². The second-order valence-electron chi connectivity index (χ2n) is 6.36. The number of ether oxygens (including phenoxy) is 2. The van der Waals surface area contributed by atoms with Crippen molar-refractivity contribution in [1.82, 2.24) is 15.6 Å². The Morgan fingerprint density at radius 3 is 2.67 bits per heavy atom. The standard InChI is InChI=1S/C18H22N4O5/c1-3-26-17(24)15-10(2)20-18(25)22-13(15)9-27-16(23)11-4-7-14(19-8-11)21-12-5-6-12/h4,7-8,10,12H,3,5-6,9H2,1-2H3,(H,19,21)(H2,20,22,25). The monoisotopic (exact) mass is 374 g/mol. The van der Waals surface area contributed by atoms with E-state index in [2.05, 4.69) is 20.9 Å². The summed E-state index contributed by atoms with van der Waals surface area (Å²) in [5.74, 6) is -0.460. The Hall–Kier alpha value is -3.10. The molecule has 2 aliphatic rings. The van der Waals surface area contributed by atoms with Crippen molar-refractivity contribution in [3.05, 3.63) is 35.2 Å². The lowest BCUT2D eigenvalue weighted by molar-refractivity contribution is -0.139. The number of rotatable bonds is 7. The molecule has 0 saturated heterocycles. The first-order chi connectivity index (χ1) is 13.0. The molecule has 0 aromatic carbocycles. The highest BCUT2D eigenvalue weighted by atomic mass is 16.5. The van der Waals surface area contributed by atoms with Gasteiger partial charge in [0.2, 0.25) is 0 Å². The first kappa shape index (κ1) is 18.7. The first-order valence-corrected chi connectivity index (χ1v) is 8.85. The van der Waals surface area contributed by atoms with Crippen molar-refractivity contribution >= 4 is 23.8 Å². The third-order valence-corrected chi connectivity index (χ3v) is 4.14. The number of esters is 2. The Morgan fingerprint density at radius 2 is 2.04 bits per heavy atom. The van der Waals surface area contributed by atoms with E-state index in [1.54, 1.807) is 26.0 Å². The largest absolute Gasteiger partial charge is 0.463 e. The van der Waals surface area contributed by atoms with Gasteiger partial charge in [0, 0.05) is 12.2 Å². The Labute approximate surface area is 156 Å². The molecule has 1 aromatic rings. The summed E-state index contributed by atoms with van der Waals surface area (Å²) in [7, 11) is 0. The molecule has 1 aliphatic heterocycles. The lowest BCUT2D eigenvalue weighted by atomic mass is 10.0. The van der Waals surface area contributed by atoms with Gasteiger partial charge in [-0.1, -0.05) is 0 Å². The molecule has 1 fully saturated rings. The predicted molar refractivity (Wildman–Crippen MR) is 96.0 cm³/mol. The number of pyridine rings is 1. The number of amides is 2. The summed E-state index contributed by atoms with van der Waals surface area (Å²) in [6.45, 7) is 3.28. The fourth-order valence-corrected chi connectivity index (χ4v) is 2.65. The van der Waals surface area contributed by atoms with E-state index in [0.29, 0.717) is 11.9 Å². The minimum atomic E-state index is -0.600. The first-order valence-electron chi connectivity index (χ1n) is 8.85. The van der Waals surface area contributed by atoms with Gasteiger partial charge >= 0.3 is 18.0 Å². The Kier molecular flexibility index (Phi) is 5.58. The molecule has 2 heterocycles. The van der Waals surface area contributed by atoms with Crippen LogP contribution in [0.4, 0.5) is 10.6 Å². The molecule has 1 unspecified atom stereocenters. The molecule has 2 amide bonds. The van der Waals surface area contributed by atoms with Crippen molar-refractivity contribution in [2.24, 2.45) is 0 Å². The van der Waals surface area contributed by atoms with E-state index in [9.17, 15) is 14.4 Å². The maximum atomic E-state index is 12.2. The highest BCUT2D eigenvalue weighted by Crippen LogP contribution is 2.23. The van der Waals surface area contributed by atoms with Crippen molar-refractivity contribution in [2.45, 2.75) is 38.8 Å². The highest BCUT2D eigenvalue weighted by Gasteiger charge is 2.30. The predicted octanol–water partition coefficient (Wildman–Crippen LogP) is 1.33. The summed E-state index contributed by atoms with van der Waals surface area (Å²) >= 11 is 0. The van der Waals surface area contributed by atoms with Gasteiger partial charge in [0.25, 0.3) is 0 Å². The van der Waals surface area contributed by atoms with Crippen LogP contribution >= 0.6 is 0 Å². The van der Waals surface area contributed by atoms with Gasteiger partial charge in [-0.2, -0.15) is 0 Å². The maximum Gasteiger partial charge on any atom is 0.340 e. The van der Waals surface area contributed by atoms with Crippen LogP contribution < -0.4 is 16.0 Å². The normalized spacial score (nSPS) is 19.0. The molecule has 0 spiro atoms. The summed E-state index contributed by atoms with van der Waals surface area (Å²) in [5.41, 5.74) is 0.715. The van der Waals surface area contributed by atoms with E-state index in [0.717, 1.165) is 12.8 Å². The van der Waals surface area contributed by atoms with E-state index < -0.39 is 24.0 Å². The van der Waals surface area contributed by atoms with Crippen LogP contribution in [0.1, 0.15) is 37.0 Å². The van der Waals surface area contributed by atoms with Gasteiger partial charge in [-0.25, -0.2) is 19.4 Å². The molecule has 1 saturated carbocycles. The third-order valence-electron chi connectivity index (χ3n) is 4.14. The number of anilines is 1. The Morgan fingerprint density at radius 1 is 1.26 bits per heavy atom. The molecule has 9 nitrogen and oxygen atoms in total. The average molecular weight is 374 g/mol. The zero-order valence-electron chi connectivity index (χ0n) is 15.2. The zero-order chi connectivity index (χ0) is 19.4. The number of hydrogen-bond acceptors (Lipinski definition) is 7. The van der Waals surface area contributed by atoms with Crippen LogP contribution in [0.25, 0.3) is 0 Å². The fourth-order valence-electron chi connectivity index (χ4n) is 2.65. The molecule has 9 heteroatoms. The highest BCUT2D eigenvalue weighted by molar-refractivity contribution is 5.95. The summed E-state index contributed by atoms with van der Waals surface area (Å²) in [4.78, 5) is 40.3. The smallest absolute Gasteiger partial charge is 0.340 e. The van der Waals surface area contributed by atoms with Gasteiger partial charge in [0.05, 0.1) is 29.5 Å². The van der Waals surface area contributed by atoms with Crippen LogP contribution in [0.3, 0.4) is 0 Å². The molecule has 1 aliphatic carbocycles. The maximum absolute atomic E-state index is 12.2. The number of hydrogen-bond donors (Lipinski definition) is 3. The van der Waals surface area contributed by atoms with Crippen LogP contribution in [0.15, 0.2) is 29.6 Å². The van der Waals surface area contributed by atoms with Gasteiger partial charge in [-0.15, -0.1) is 0 Å². The summed E-state index contributed by atoms with van der Waals surface area (Å²) in [5, 5.41) is 8.31. The van der Waals surface area contributed by atoms with E-state index >= 15 is 0 Å². The molecule has 3 rings (SSSR count). The van der Waals surface area contributed by atoms with Gasteiger partial charge in [0.15, 0.2) is 0 Å². The number of carbonyl (C=O) groups is 3. The summed E-state index contributed by atoms with van der Waals surface area (Å²) in [6.07, 6.45) is 3.68. The number of urea groups is 1. The van der Waals surface area contributed by atoms with Crippen molar-refractivity contribution in [3.8, 4) is 0 Å². The molecule has 0 radical (unpaired) electrons. The van der Waals surface area contributed by atoms with Crippen molar-refractivity contribution in [2.75, 3.05) is 18.5 Å². The van der Waals surface area contributed by atoms with Crippen LogP contribution in [0.5, 0.6) is 0 Å². The molecule has 0 bridgehead atoms. The third kappa shape index (κ3) is 4.75. The molecular formula is C18H22N4O5. The quantitative estimate of drug-likeness (QED) is 0.616. The van der Waals surface area contributed by atoms with E-state index in [4.69, 9.17) is 9.47 Å². The van der Waals surface area contributed by atoms with Crippen molar-refractivity contribution in [3.63, 3.8) is 0 Å². The minimum Gasteiger partial charge on any atom is -0.463 e. The second kappa shape index (κ2) is 8.07. The molecular weight excluding hydrogens is 352 g/mol. The zero-order valence-corrected chi connectivity index (χ0v) is 15.2. The minimum absolute atomic E-state index is 0.197. The summed E-state index contributed by atoms with van der Waals surface area (Å²) in [6, 6.07) is 2.77.